The van der Waals surface area contributed by atoms with Crippen molar-refractivity contribution in [3.05, 3.63) is 29.8 Å². The fourth-order valence-electron chi connectivity index (χ4n) is 10.5. The van der Waals surface area contributed by atoms with Gasteiger partial charge < -0.3 is 84.0 Å². The molecule has 12 amide bonds. The number of nitrogens with two attached hydrogens (primary N) is 1. The zero-order valence-electron chi connectivity index (χ0n) is 51.9. The minimum absolute atomic E-state index is 0.00562. The van der Waals surface area contributed by atoms with Crippen LogP contribution in [-0.4, -0.2) is 224 Å². The molecule has 4 aliphatic rings. The third-order valence-electron chi connectivity index (χ3n) is 16.1. The summed E-state index contributed by atoms with van der Waals surface area (Å²) in [6.07, 6.45) is 3.37. The van der Waals surface area contributed by atoms with Crippen molar-refractivity contribution in [1.82, 2.24) is 63.0 Å². The van der Waals surface area contributed by atoms with E-state index in [0.29, 0.717) is 50.5 Å². The molecule has 4 aliphatic heterocycles. The van der Waals surface area contributed by atoms with Gasteiger partial charge in [-0.05, 0) is 68.6 Å². The van der Waals surface area contributed by atoms with E-state index in [-0.39, 0.29) is 68.9 Å². The maximum Gasteiger partial charge on any atom is 0.327 e. The van der Waals surface area contributed by atoms with E-state index in [2.05, 4.69) is 53.2 Å². The Hall–Kier alpha value is -6.55. The molecule has 1 aromatic carbocycles. The van der Waals surface area contributed by atoms with Gasteiger partial charge in [0, 0.05) is 42.5 Å². The van der Waals surface area contributed by atoms with Crippen LogP contribution in [0.1, 0.15) is 117 Å². The number of hydrogen-bond acceptors (Lipinski definition) is 20. The number of nitrogens with one attached hydrogen (secondary N) is 10. The summed E-state index contributed by atoms with van der Waals surface area (Å²) in [5.74, 6) is -13.5. The molecule has 91 heavy (non-hydrogen) atoms. The monoisotopic (exact) mass is 1350 g/mol. The molecule has 0 aromatic heterocycles. The second kappa shape index (κ2) is 37.8. The topological polar surface area (TPSA) is 435 Å². The lowest BCUT2D eigenvalue weighted by Gasteiger charge is -2.33. The number of carbonyl (C=O) groups excluding carboxylic acids is 12. The standard InChI is InChI=1S/C58H89N13O16S4/c1-6-10-14-35-48(76)64-37(24-32-18-20-33(73)21-19-32)49(77)68-42(58(86)87)30-91-90-28-40-52(80)65-38(26-72)50(78)63-36(15-11-7-2)56(84)71-23-13-17-44(71)57(85)70-22-12-16-43(70)54(82)67-41(29-89-88-27-39(51(79)66-40)60-45(74)25-59)53(81)69-46(31(5)8-3)55(83)61-34(9-4)47(75)62-35/h18-21,31,34-44,46,72-73H,6-17,22-30,59H2,1-5H3,(H,60,74)(H,61,83)(H,62,75)(H,63,78)(H,64,76)(H,65,80)(H,66,79)(H,67,82)(H,68,77)(H,69,81)(H,86,87)/t31-,34+,35+,36+,37+,38+,39+,40+,41+,42+,43+,44+,46+/m1/s1. The number of benzene rings is 1. The molecular weight excluding hydrogens is 1260 g/mol. The lowest BCUT2D eigenvalue weighted by atomic mass is 9.97. The van der Waals surface area contributed by atoms with E-state index in [4.69, 9.17) is 5.73 Å². The van der Waals surface area contributed by atoms with Gasteiger partial charge in [-0.2, -0.15) is 0 Å². The first-order valence-corrected chi connectivity index (χ1v) is 35.9. The maximum absolute atomic E-state index is 14.8. The average molecular weight is 1350 g/mol. The van der Waals surface area contributed by atoms with Gasteiger partial charge in [0.25, 0.3) is 0 Å². The van der Waals surface area contributed by atoms with E-state index in [1.807, 2.05) is 13.8 Å². The number of nitrogens with zero attached hydrogens (tertiary/aromatic N) is 2. The number of phenols is 1. The summed E-state index contributed by atoms with van der Waals surface area (Å²) in [6.45, 7) is 7.41. The summed E-state index contributed by atoms with van der Waals surface area (Å²) in [5.41, 5.74) is 6.10. The number of aromatic hydroxyl groups is 1. The minimum atomic E-state index is -1.74. The zero-order valence-corrected chi connectivity index (χ0v) is 55.2. The second-order valence-electron chi connectivity index (χ2n) is 22.8. The highest BCUT2D eigenvalue weighted by Crippen LogP contribution is 2.29. The highest BCUT2D eigenvalue weighted by Gasteiger charge is 2.45. The van der Waals surface area contributed by atoms with Crippen LogP contribution >= 0.6 is 43.2 Å². The predicted octanol–water partition coefficient (Wildman–Crippen LogP) is -1.57. The molecule has 4 heterocycles. The molecule has 29 nitrogen and oxygen atoms in total. The molecule has 0 aliphatic carbocycles. The SMILES string of the molecule is CCCC[C@@H]1NC(=O)[C@H](CC)NC(=O)[C@H]([C@H](C)CC)NC(=O)[C@@H]2CSSC[C@H](NC(=O)CN)C(=O)N[C@@H](CSSC[C@@H](C(=O)O)NC(=O)[C@H](Cc3ccc(O)cc3)NC1=O)C(=O)N[C@@H](CO)C(=O)N[C@@H](CCCC)C(=O)N1CCC[C@H]1C(=O)N1CCC[C@H]1C(=O)N2. The molecule has 33 heteroatoms. The van der Waals surface area contributed by atoms with Gasteiger partial charge in [0.05, 0.1) is 13.2 Å². The van der Waals surface area contributed by atoms with Crippen molar-refractivity contribution in [2.75, 3.05) is 49.3 Å². The van der Waals surface area contributed by atoms with Gasteiger partial charge in [-0.1, -0.05) is 122 Å². The minimum Gasteiger partial charge on any atom is -0.508 e. The van der Waals surface area contributed by atoms with Gasteiger partial charge in [-0.3, -0.25) is 57.5 Å². The third kappa shape index (κ3) is 22.3. The molecular formula is C58H89N13O16S4. The Balaban J connectivity index is 1.65. The fourth-order valence-corrected chi connectivity index (χ4v) is 15.2. The fraction of sp³-hybridized carbons (Fsp3) is 0.672. The van der Waals surface area contributed by atoms with Crippen molar-refractivity contribution in [3.8, 4) is 5.75 Å². The molecule has 0 radical (unpaired) electrons. The number of amides is 12. The molecule has 1 aromatic rings. The van der Waals surface area contributed by atoms with Crippen molar-refractivity contribution < 1.29 is 77.6 Å². The van der Waals surface area contributed by atoms with Crippen LogP contribution in [0.25, 0.3) is 0 Å². The largest absolute Gasteiger partial charge is 0.508 e. The smallest absolute Gasteiger partial charge is 0.327 e. The van der Waals surface area contributed by atoms with Gasteiger partial charge in [0.1, 0.15) is 78.3 Å². The van der Waals surface area contributed by atoms with Crippen LogP contribution in [-0.2, 0) is 68.7 Å². The van der Waals surface area contributed by atoms with Crippen LogP contribution in [0.15, 0.2) is 24.3 Å². The van der Waals surface area contributed by atoms with Crippen LogP contribution in [0, 0.1) is 5.92 Å². The Bertz CT molecular complexity index is 2740. The van der Waals surface area contributed by atoms with E-state index in [9.17, 15) is 77.6 Å². The molecule has 15 N–H and O–H groups in total. The Labute approximate surface area is 545 Å². The number of hydrogen-bond donors (Lipinski definition) is 14. The predicted molar refractivity (Wildman–Crippen MR) is 343 cm³/mol. The van der Waals surface area contributed by atoms with E-state index in [1.165, 1.54) is 34.1 Å². The number of carbonyl (C=O) groups is 13. The number of rotatable bonds is 15. The molecule has 13 atom stereocenters. The molecule has 4 saturated heterocycles. The summed E-state index contributed by atoms with van der Waals surface area (Å²) < 4.78 is 0. The van der Waals surface area contributed by atoms with Gasteiger partial charge in [0.15, 0.2) is 0 Å². The van der Waals surface area contributed by atoms with Crippen LogP contribution in [0.3, 0.4) is 0 Å². The number of carboxylic acids is 1. The molecule has 5 rings (SSSR count). The Kier molecular flexibility index (Phi) is 31.3. The quantitative estimate of drug-likeness (QED) is 0.0882. The third-order valence-corrected chi connectivity index (χ3v) is 20.9. The van der Waals surface area contributed by atoms with E-state index < -0.39 is 180 Å². The first kappa shape index (κ1) is 75.2. The molecule has 0 spiro atoms. The van der Waals surface area contributed by atoms with Gasteiger partial charge in [0.2, 0.25) is 70.9 Å². The number of unbranched alkanes of at least 4 members (excludes halogenated alkanes) is 2. The van der Waals surface area contributed by atoms with E-state index >= 15 is 0 Å². The van der Waals surface area contributed by atoms with Crippen LogP contribution in [0.4, 0.5) is 0 Å². The molecule has 4 fully saturated rings. The lowest BCUT2D eigenvalue weighted by molar-refractivity contribution is -0.148. The number of aliphatic hydroxyl groups excluding tert-OH is 1. The normalized spacial score (nSPS) is 28.5. The maximum atomic E-state index is 14.8. The summed E-state index contributed by atoms with van der Waals surface area (Å²) >= 11 is 0. The second-order valence-corrected chi connectivity index (χ2v) is 27.9. The van der Waals surface area contributed by atoms with E-state index in [0.717, 1.165) is 43.2 Å². The molecule has 0 saturated carbocycles. The van der Waals surface area contributed by atoms with Crippen LogP contribution < -0.4 is 58.9 Å². The van der Waals surface area contributed by atoms with Crippen molar-refractivity contribution in [1.29, 1.82) is 0 Å². The number of fused-ring (bicyclic) bond motifs is 10. The van der Waals surface area contributed by atoms with Crippen molar-refractivity contribution in [2.24, 2.45) is 11.7 Å². The number of aliphatic hydroxyl groups is 1. The van der Waals surface area contributed by atoms with Crippen molar-refractivity contribution in [3.63, 3.8) is 0 Å². The van der Waals surface area contributed by atoms with Crippen LogP contribution in [0.5, 0.6) is 5.75 Å². The molecule has 2 bridgehead atoms. The first-order chi connectivity index (χ1) is 43.5. The highest BCUT2D eigenvalue weighted by atomic mass is 33.1. The number of carboxylic acid groups (broad SMARTS) is 1. The Morgan fingerprint density at radius 3 is 1.68 bits per heavy atom. The van der Waals surface area contributed by atoms with Gasteiger partial charge in [-0.15, -0.1) is 0 Å². The number of aliphatic carboxylic acids is 1. The molecule has 0 unspecified atom stereocenters. The van der Waals surface area contributed by atoms with Crippen molar-refractivity contribution >= 4 is 120 Å². The Morgan fingerprint density at radius 1 is 0.582 bits per heavy atom. The summed E-state index contributed by atoms with van der Waals surface area (Å²) in [4.78, 5) is 188. The van der Waals surface area contributed by atoms with Gasteiger partial charge in [-0.25, -0.2) is 4.79 Å². The number of phenolic OH excluding ortho intramolecular Hbond substituents is 1. The van der Waals surface area contributed by atoms with Crippen LogP contribution in [0.2, 0.25) is 0 Å². The Morgan fingerprint density at radius 2 is 1.09 bits per heavy atom. The summed E-state index contributed by atoms with van der Waals surface area (Å²) in [6, 6.07) is -11.2. The van der Waals surface area contributed by atoms with Crippen molar-refractivity contribution in [2.45, 2.75) is 191 Å². The highest BCUT2D eigenvalue weighted by molar-refractivity contribution is 8.77. The van der Waals surface area contributed by atoms with E-state index in [1.54, 1.807) is 20.8 Å². The lowest BCUT2D eigenvalue weighted by Crippen LogP contribution is -2.61. The summed E-state index contributed by atoms with van der Waals surface area (Å²) in [5, 5.41) is 57.4. The summed E-state index contributed by atoms with van der Waals surface area (Å²) in [7, 11) is 3.62. The average Bonchev–Trinajstić information content (AvgIpc) is 1.78. The molecule has 506 valence electrons. The first-order valence-electron chi connectivity index (χ1n) is 30.9. The zero-order chi connectivity index (χ0) is 66.9. The van der Waals surface area contributed by atoms with Gasteiger partial charge >= 0.3 is 5.97 Å².